The fraction of sp³-hybridized carbons (Fsp3) is 0.0769. The van der Waals surface area contributed by atoms with Gasteiger partial charge in [0.2, 0.25) is 0 Å². The van der Waals surface area contributed by atoms with Gasteiger partial charge in [0.1, 0.15) is 11.6 Å². The molecule has 0 atom stereocenters. The predicted octanol–water partition coefficient (Wildman–Crippen LogP) is 3.78. The first kappa shape index (κ1) is 16.2. The molecule has 0 amide bonds. The van der Waals surface area contributed by atoms with E-state index in [9.17, 15) is 30.4 Å². The first-order valence-corrected chi connectivity index (χ1v) is 7.23. The molecule has 0 radical (unpaired) electrons. The van der Waals surface area contributed by atoms with Gasteiger partial charge in [-0.2, -0.15) is 13.2 Å². The highest BCUT2D eigenvalue weighted by Gasteiger charge is 2.35. The van der Waals surface area contributed by atoms with Crippen LogP contribution in [0.1, 0.15) is 5.56 Å². The average molecular weight is 337 g/mol. The van der Waals surface area contributed by atoms with Crippen LogP contribution in [0.15, 0.2) is 47.4 Å². The highest BCUT2D eigenvalue weighted by Crippen LogP contribution is 2.33. The van der Waals surface area contributed by atoms with Gasteiger partial charge < -0.3 is 0 Å². The highest BCUT2D eigenvalue weighted by atomic mass is 32.2. The number of alkyl halides is 3. The van der Waals surface area contributed by atoms with Crippen molar-refractivity contribution in [1.29, 1.82) is 0 Å². The van der Waals surface area contributed by atoms with Crippen molar-refractivity contribution < 1.29 is 30.4 Å². The third-order valence-corrected chi connectivity index (χ3v) is 4.03. The van der Waals surface area contributed by atoms with Crippen LogP contribution in [0.3, 0.4) is 0 Å². The third kappa shape index (κ3) is 3.53. The van der Waals surface area contributed by atoms with Gasteiger partial charge in [-0.05, 0) is 42.5 Å². The number of anilines is 1. The van der Waals surface area contributed by atoms with E-state index in [0.717, 1.165) is 24.3 Å². The molecule has 0 saturated carbocycles. The Hall–Kier alpha value is -2.16. The van der Waals surface area contributed by atoms with Crippen molar-refractivity contribution in [3.05, 3.63) is 59.7 Å². The van der Waals surface area contributed by atoms with E-state index in [1.165, 1.54) is 0 Å². The molecule has 22 heavy (non-hydrogen) atoms. The second-order valence-electron chi connectivity index (χ2n) is 4.25. The minimum absolute atomic E-state index is 0.0423. The van der Waals surface area contributed by atoms with Gasteiger partial charge in [0.15, 0.2) is 0 Å². The van der Waals surface area contributed by atoms with Crippen LogP contribution in [0.25, 0.3) is 0 Å². The van der Waals surface area contributed by atoms with E-state index in [4.69, 9.17) is 0 Å². The SMILES string of the molecule is O=S(=O)(Nc1ccc(F)cc1)c1ccc(F)c(C(F)(F)F)c1. The molecule has 9 heteroatoms. The Morgan fingerprint density at radius 1 is 0.909 bits per heavy atom. The molecule has 0 heterocycles. The second kappa shape index (κ2) is 5.56. The van der Waals surface area contributed by atoms with Gasteiger partial charge in [-0.25, -0.2) is 17.2 Å². The van der Waals surface area contributed by atoms with E-state index >= 15 is 0 Å². The van der Waals surface area contributed by atoms with E-state index in [0.29, 0.717) is 12.1 Å². The Morgan fingerprint density at radius 2 is 1.50 bits per heavy atom. The van der Waals surface area contributed by atoms with Gasteiger partial charge in [-0.1, -0.05) is 0 Å². The first-order valence-electron chi connectivity index (χ1n) is 5.75. The number of sulfonamides is 1. The fourth-order valence-electron chi connectivity index (χ4n) is 1.62. The molecule has 0 saturated heterocycles. The zero-order valence-electron chi connectivity index (χ0n) is 10.7. The fourth-order valence-corrected chi connectivity index (χ4v) is 2.71. The molecule has 2 rings (SSSR count). The van der Waals surface area contributed by atoms with Gasteiger partial charge in [0.05, 0.1) is 10.5 Å². The average Bonchev–Trinajstić information content (AvgIpc) is 2.40. The lowest BCUT2D eigenvalue weighted by Crippen LogP contribution is -2.15. The topological polar surface area (TPSA) is 46.2 Å². The number of nitrogens with one attached hydrogen (secondary N) is 1. The lowest BCUT2D eigenvalue weighted by atomic mass is 10.2. The van der Waals surface area contributed by atoms with Gasteiger partial charge in [0, 0.05) is 5.69 Å². The highest BCUT2D eigenvalue weighted by molar-refractivity contribution is 7.92. The zero-order valence-corrected chi connectivity index (χ0v) is 11.5. The lowest BCUT2D eigenvalue weighted by Gasteiger charge is -2.12. The number of hydrogen-bond donors (Lipinski definition) is 1. The molecule has 2 aromatic carbocycles. The molecule has 0 aliphatic carbocycles. The van der Waals surface area contributed by atoms with E-state index in [-0.39, 0.29) is 11.8 Å². The van der Waals surface area contributed by atoms with Crippen molar-refractivity contribution in [1.82, 2.24) is 0 Å². The molecule has 1 N–H and O–H groups in total. The molecule has 118 valence electrons. The summed E-state index contributed by atoms with van der Waals surface area (Å²) in [5, 5.41) is 0. The molecule has 2 aromatic rings. The van der Waals surface area contributed by atoms with Crippen LogP contribution in [0.4, 0.5) is 27.6 Å². The van der Waals surface area contributed by atoms with Gasteiger partial charge in [-0.15, -0.1) is 0 Å². The van der Waals surface area contributed by atoms with E-state index in [2.05, 4.69) is 0 Å². The van der Waals surface area contributed by atoms with Crippen LogP contribution in [0.5, 0.6) is 0 Å². The Balaban J connectivity index is 2.39. The lowest BCUT2D eigenvalue weighted by molar-refractivity contribution is -0.140. The molecular weight excluding hydrogens is 329 g/mol. The molecule has 0 unspecified atom stereocenters. The molecular formula is C13H8F5NO2S. The van der Waals surface area contributed by atoms with E-state index < -0.39 is 38.3 Å². The largest absolute Gasteiger partial charge is 0.419 e. The van der Waals surface area contributed by atoms with Crippen LogP contribution in [0, 0.1) is 11.6 Å². The quantitative estimate of drug-likeness (QED) is 0.867. The summed E-state index contributed by atoms with van der Waals surface area (Å²) in [6.07, 6.45) is -5.02. The number of benzene rings is 2. The minimum Gasteiger partial charge on any atom is -0.280 e. The Morgan fingerprint density at radius 3 is 2.05 bits per heavy atom. The summed E-state index contributed by atoms with van der Waals surface area (Å²) in [6, 6.07) is 5.47. The Bertz CT molecular complexity index is 785. The summed E-state index contributed by atoms with van der Waals surface area (Å²) in [4.78, 5) is -0.759. The summed E-state index contributed by atoms with van der Waals surface area (Å²) in [6.45, 7) is 0. The first-order chi connectivity index (χ1) is 10.1. The minimum atomic E-state index is -5.02. The standard InChI is InChI=1S/C13H8F5NO2S/c14-8-1-3-9(4-2-8)19-22(20,21)10-5-6-12(15)11(7-10)13(16,17)18/h1-7,19H. The van der Waals surface area contributed by atoms with E-state index in [1.54, 1.807) is 0 Å². The molecule has 0 aliphatic rings. The molecule has 0 aromatic heterocycles. The second-order valence-corrected chi connectivity index (χ2v) is 5.93. The Kier molecular flexibility index (Phi) is 4.10. The number of hydrogen-bond acceptors (Lipinski definition) is 2. The van der Waals surface area contributed by atoms with Crippen molar-refractivity contribution in [3.8, 4) is 0 Å². The van der Waals surface area contributed by atoms with Gasteiger partial charge in [-0.3, -0.25) is 4.72 Å². The van der Waals surface area contributed by atoms with Crippen molar-refractivity contribution >= 4 is 15.7 Å². The predicted molar refractivity (Wildman–Crippen MR) is 68.6 cm³/mol. The smallest absolute Gasteiger partial charge is 0.280 e. The molecule has 0 fully saturated rings. The summed E-state index contributed by atoms with van der Waals surface area (Å²) in [5.74, 6) is -2.18. The molecule has 3 nitrogen and oxygen atoms in total. The van der Waals surface area contributed by atoms with E-state index in [1.807, 2.05) is 4.72 Å². The van der Waals surface area contributed by atoms with Crippen LogP contribution in [-0.4, -0.2) is 8.42 Å². The van der Waals surface area contributed by atoms with Crippen molar-refractivity contribution in [2.24, 2.45) is 0 Å². The van der Waals surface area contributed by atoms with Gasteiger partial charge >= 0.3 is 6.18 Å². The number of halogens is 5. The number of rotatable bonds is 3. The summed E-state index contributed by atoms with van der Waals surface area (Å²) in [5.41, 5.74) is -1.73. The Labute approximate surface area is 122 Å². The third-order valence-electron chi connectivity index (χ3n) is 2.65. The monoisotopic (exact) mass is 337 g/mol. The van der Waals surface area contributed by atoms with Crippen molar-refractivity contribution in [2.45, 2.75) is 11.1 Å². The summed E-state index contributed by atoms with van der Waals surface area (Å²) < 4.78 is 89.6. The normalized spacial score (nSPS) is 12.2. The van der Waals surface area contributed by atoms with Gasteiger partial charge in [0.25, 0.3) is 10.0 Å². The maximum absolute atomic E-state index is 13.1. The van der Waals surface area contributed by atoms with Crippen LogP contribution >= 0.6 is 0 Å². The molecule has 0 spiro atoms. The van der Waals surface area contributed by atoms with Crippen molar-refractivity contribution in [2.75, 3.05) is 4.72 Å². The maximum Gasteiger partial charge on any atom is 0.419 e. The van der Waals surface area contributed by atoms with Crippen LogP contribution in [0.2, 0.25) is 0 Å². The maximum atomic E-state index is 13.1. The molecule has 0 aliphatic heterocycles. The van der Waals surface area contributed by atoms with Crippen LogP contribution < -0.4 is 4.72 Å². The summed E-state index contributed by atoms with van der Waals surface area (Å²) in [7, 11) is -4.36. The summed E-state index contributed by atoms with van der Waals surface area (Å²) >= 11 is 0. The zero-order chi connectivity index (χ0) is 16.5. The molecule has 0 bridgehead atoms. The van der Waals surface area contributed by atoms with Crippen molar-refractivity contribution in [3.63, 3.8) is 0 Å². The van der Waals surface area contributed by atoms with Crippen LogP contribution in [-0.2, 0) is 16.2 Å².